The van der Waals surface area contributed by atoms with Gasteiger partial charge in [0.1, 0.15) is 12.4 Å². The number of carbonyl (C=O) groups excluding carboxylic acids is 2. The van der Waals surface area contributed by atoms with Crippen molar-refractivity contribution in [2.75, 3.05) is 44.8 Å². The van der Waals surface area contributed by atoms with Crippen molar-refractivity contribution in [3.8, 4) is 5.75 Å². The summed E-state index contributed by atoms with van der Waals surface area (Å²) in [5.74, 6) is 0.629. The van der Waals surface area contributed by atoms with Gasteiger partial charge in [0.2, 0.25) is 15.9 Å². The monoisotopic (exact) mass is 481 g/mol. The Kier molecular flexibility index (Phi) is 7.89. The highest BCUT2D eigenvalue weighted by Gasteiger charge is 2.33. The molecule has 184 valence electrons. The van der Waals surface area contributed by atoms with E-state index in [9.17, 15) is 18.0 Å². The summed E-state index contributed by atoms with van der Waals surface area (Å²) >= 11 is 0. The Labute approximate surface area is 196 Å². The molecule has 3 rings (SSSR count). The van der Waals surface area contributed by atoms with Gasteiger partial charge in [0.25, 0.3) is 5.91 Å². The third kappa shape index (κ3) is 6.83. The molecule has 1 heterocycles. The van der Waals surface area contributed by atoms with Crippen LogP contribution in [-0.4, -0.2) is 82.3 Å². The van der Waals surface area contributed by atoms with Crippen LogP contribution in [0.25, 0.3) is 0 Å². The average molecular weight is 482 g/mol. The van der Waals surface area contributed by atoms with Crippen molar-refractivity contribution >= 4 is 27.5 Å². The Morgan fingerprint density at radius 2 is 1.94 bits per heavy atom. The number of fused-ring (bicyclic) bond motifs is 1. The molecule has 33 heavy (non-hydrogen) atoms. The van der Waals surface area contributed by atoms with Gasteiger partial charge in [-0.2, -0.15) is 0 Å². The van der Waals surface area contributed by atoms with Gasteiger partial charge in [-0.25, -0.2) is 8.42 Å². The molecule has 1 aromatic rings. The summed E-state index contributed by atoms with van der Waals surface area (Å²) in [7, 11) is -0.225. The van der Waals surface area contributed by atoms with Crippen LogP contribution in [0.15, 0.2) is 18.2 Å². The van der Waals surface area contributed by atoms with Gasteiger partial charge >= 0.3 is 0 Å². The minimum atomic E-state index is -3.51. The number of likely N-dealkylation sites (N-methyl/N-ethyl adjacent to an activating group) is 1. The van der Waals surface area contributed by atoms with Crippen molar-refractivity contribution in [1.82, 2.24) is 9.80 Å². The standard InChI is InChI=1S/C23H35N3O6S/c1-15-12-26(22(27)10-17-6-7-17)16(2)14-32-20-9-8-18(24-33(5,29)30)11-19(20)23(28)25(3)13-21(15)31-4/h8-9,11,15-17,21,24H,6-7,10,12-14H2,1-5H3/t15-,16+,21+/m0/s1. The van der Waals surface area contributed by atoms with E-state index in [4.69, 9.17) is 9.47 Å². The van der Waals surface area contributed by atoms with E-state index in [2.05, 4.69) is 4.72 Å². The van der Waals surface area contributed by atoms with Crippen LogP contribution in [0.3, 0.4) is 0 Å². The lowest BCUT2D eigenvalue weighted by Crippen LogP contribution is -2.48. The van der Waals surface area contributed by atoms with Crippen molar-refractivity contribution in [2.24, 2.45) is 11.8 Å². The van der Waals surface area contributed by atoms with Crippen molar-refractivity contribution < 1.29 is 27.5 Å². The van der Waals surface area contributed by atoms with Crippen molar-refractivity contribution in [2.45, 2.75) is 45.3 Å². The second kappa shape index (κ2) is 10.3. The molecule has 0 unspecified atom stereocenters. The van der Waals surface area contributed by atoms with Gasteiger partial charge in [-0.05, 0) is 43.9 Å². The van der Waals surface area contributed by atoms with Crippen LogP contribution in [0.4, 0.5) is 5.69 Å². The van der Waals surface area contributed by atoms with E-state index >= 15 is 0 Å². The van der Waals surface area contributed by atoms with E-state index in [0.29, 0.717) is 31.2 Å². The fraction of sp³-hybridized carbons (Fsp3) is 0.652. The highest BCUT2D eigenvalue weighted by atomic mass is 32.2. The SMILES string of the molecule is CO[C@@H]1CN(C)C(=O)c2cc(NS(C)(=O)=O)ccc2OC[C@@H](C)N(C(=O)CC2CC2)C[C@@H]1C. The fourth-order valence-electron chi connectivity index (χ4n) is 4.09. The first-order chi connectivity index (χ1) is 15.5. The molecule has 1 aromatic carbocycles. The summed E-state index contributed by atoms with van der Waals surface area (Å²) in [5.41, 5.74) is 0.525. The van der Waals surface area contributed by atoms with Crippen molar-refractivity contribution in [1.29, 1.82) is 0 Å². The number of benzene rings is 1. The number of methoxy groups -OCH3 is 1. The lowest BCUT2D eigenvalue weighted by atomic mass is 10.0. The molecule has 1 N–H and O–H groups in total. The number of carbonyl (C=O) groups is 2. The molecular weight excluding hydrogens is 446 g/mol. The van der Waals surface area contributed by atoms with Crippen molar-refractivity contribution in [3.63, 3.8) is 0 Å². The van der Waals surface area contributed by atoms with Crippen LogP contribution in [0, 0.1) is 11.8 Å². The summed E-state index contributed by atoms with van der Waals surface area (Å²) in [5, 5.41) is 0. The quantitative estimate of drug-likeness (QED) is 0.691. The van der Waals surface area contributed by atoms with E-state index in [-0.39, 0.29) is 47.7 Å². The Morgan fingerprint density at radius 1 is 1.24 bits per heavy atom. The molecule has 9 nitrogen and oxygen atoms in total. The number of amides is 2. The molecule has 10 heteroatoms. The highest BCUT2D eigenvalue weighted by molar-refractivity contribution is 7.92. The first kappa shape index (κ1) is 25.3. The largest absolute Gasteiger partial charge is 0.491 e. The zero-order valence-electron chi connectivity index (χ0n) is 20.0. The molecule has 0 radical (unpaired) electrons. The number of hydrogen-bond donors (Lipinski definition) is 1. The van der Waals surface area contributed by atoms with Crippen LogP contribution in [0.2, 0.25) is 0 Å². The molecular formula is C23H35N3O6S. The van der Waals surface area contributed by atoms with E-state index in [1.165, 1.54) is 6.07 Å². The number of ether oxygens (including phenoxy) is 2. The number of sulfonamides is 1. The van der Waals surface area contributed by atoms with Crippen LogP contribution >= 0.6 is 0 Å². The predicted molar refractivity (Wildman–Crippen MR) is 126 cm³/mol. The van der Waals surface area contributed by atoms with E-state index in [1.54, 1.807) is 31.2 Å². The topological polar surface area (TPSA) is 105 Å². The second-order valence-corrected chi connectivity index (χ2v) is 11.1. The minimum absolute atomic E-state index is 0.00650. The minimum Gasteiger partial charge on any atom is -0.491 e. The van der Waals surface area contributed by atoms with Gasteiger partial charge in [-0.15, -0.1) is 0 Å². The Hall–Kier alpha value is -2.33. The third-order valence-electron chi connectivity index (χ3n) is 6.23. The molecule has 1 aliphatic carbocycles. The smallest absolute Gasteiger partial charge is 0.257 e. The Balaban J connectivity index is 1.94. The van der Waals surface area contributed by atoms with Gasteiger partial charge in [0, 0.05) is 45.3 Å². The summed E-state index contributed by atoms with van der Waals surface area (Å²) in [6.45, 7) is 5.01. The van der Waals surface area contributed by atoms with Crippen LogP contribution in [0.1, 0.15) is 43.5 Å². The first-order valence-corrected chi connectivity index (χ1v) is 13.2. The zero-order chi connectivity index (χ0) is 24.3. The van der Waals surface area contributed by atoms with E-state index < -0.39 is 10.0 Å². The molecule has 2 amide bonds. The van der Waals surface area contributed by atoms with Gasteiger partial charge in [-0.1, -0.05) is 6.92 Å². The molecule has 0 bridgehead atoms. The lowest BCUT2D eigenvalue weighted by molar-refractivity contribution is -0.135. The molecule has 2 aliphatic rings. The summed E-state index contributed by atoms with van der Waals surface area (Å²) in [6.07, 6.45) is 3.53. The van der Waals surface area contributed by atoms with Gasteiger partial charge in [0.05, 0.1) is 24.0 Å². The van der Waals surface area contributed by atoms with Gasteiger partial charge in [-0.3, -0.25) is 14.3 Å². The summed E-state index contributed by atoms with van der Waals surface area (Å²) in [6, 6.07) is 4.41. The maximum absolute atomic E-state index is 13.3. The second-order valence-electron chi connectivity index (χ2n) is 9.38. The van der Waals surface area contributed by atoms with Crippen LogP contribution in [-0.2, 0) is 19.6 Å². The Bertz CT molecular complexity index is 978. The number of hydrogen-bond acceptors (Lipinski definition) is 6. The molecule has 1 aliphatic heterocycles. The molecule has 1 saturated carbocycles. The van der Waals surface area contributed by atoms with Gasteiger partial charge < -0.3 is 19.3 Å². The molecule has 0 aromatic heterocycles. The molecule has 0 saturated heterocycles. The highest BCUT2D eigenvalue weighted by Crippen LogP contribution is 2.33. The predicted octanol–water partition coefficient (Wildman–Crippen LogP) is 2.19. The van der Waals surface area contributed by atoms with Gasteiger partial charge in [0.15, 0.2) is 0 Å². The molecule has 1 fully saturated rings. The van der Waals surface area contributed by atoms with Crippen LogP contribution < -0.4 is 9.46 Å². The number of anilines is 1. The zero-order valence-corrected chi connectivity index (χ0v) is 20.9. The maximum Gasteiger partial charge on any atom is 0.257 e. The van der Waals surface area contributed by atoms with Crippen molar-refractivity contribution in [3.05, 3.63) is 23.8 Å². The normalized spacial score (nSPS) is 24.9. The lowest BCUT2D eigenvalue weighted by Gasteiger charge is -2.36. The average Bonchev–Trinajstić information content (AvgIpc) is 3.55. The van der Waals surface area contributed by atoms with E-state index in [1.807, 2.05) is 18.7 Å². The molecule has 3 atom stereocenters. The van der Waals surface area contributed by atoms with Crippen LogP contribution in [0.5, 0.6) is 5.75 Å². The summed E-state index contributed by atoms with van der Waals surface area (Å²) in [4.78, 5) is 29.7. The summed E-state index contributed by atoms with van der Waals surface area (Å²) < 4.78 is 37.5. The maximum atomic E-state index is 13.3. The third-order valence-corrected chi connectivity index (χ3v) is 6.83. The first-order valence-electron chi connectivity index (χ1n) is 11.3. The number of rotatable bonds is 5. The Morgan fingerprint density at radius 3 is 2.55 bits per heavy atom. The van der Waals surface area contributed by atoms with E-state index in [0.717, 1.165) is 19.1 Å². The molecule has 0 spiro atoms. The number of nitrogens with zero attached hydrogens (tertiary/aromatic N) is 2. The fourth-order valence-corrected chi connectivity index (χ4v) is 4.64. The number of nitrogens with one attached hydrogen (secondary N) is 1.